The van der Waals surface area contributed by atoms with Crippen LogP contribution in [0.2, 0.25) is 0 Å². The van der Waals surface area contributed by atoms with E-state index in [1.54, 1.807) is 0 Å². The highest BCUT2D eigenvalue weighted by molar-refractivity contribution is 6.20. The second-order valence-corrected chi connectivity index (χ2v) is 4.44. The number of benzene rings is 1. The van der Waals surface area contributed by atoms with E-state index < -0.39 is 0 Å². The van der Waals surface area contributed by atoms with Crippen molar-refractivity contribution in [3.05, 3.63) is 35.9 Å². The Morgan fingerprint density at radius 3 is 2.46 bits per heavy atom. The molecular weight excluding hydrogens is 180 g/mol. The van der Waals surface area contributed by atoms with Crippen LogP contribution in [0.15, 0.2) is 30.3 Å². The first-order valence-electron chi connectivity index (χ1n) is 5.05. The first-order chi connectivity index (χ1) is 6.36. The molecule has 1 atom stereocenters. The van der Waals surface area contributed by atoms with Crippen LogP contribution in [0, 0.1) is 5.92 Å². The standard InChI is InChI=1S/C12H15Cl/c13-12(9-10-5-4-6-10)11-7-2-1-3-8-11/h1-3,7-8,10,12H,4-6,9H2. The normalized spacial score (nSPS) is 19.5. The molecule has 2 rings (SSSR count). The Kier molecular flexibility index (Phi) is 2.90. The minimum Gasteiger partial charge on any atom is -0.118 e. The maximum absolute atomic E-state index is 6.31. The lowest BCUT2D eigenvalue weighted by Gasteiger charge is -2.27. The Bertz CT molecular complexity index is 251. The van der Waals surface area contributed by atoms with Gasteiger partial charge in [-0.2, -0.15) is 0 Å². The monoisotopic (exact) mass is 194 g/mol. The first-order valence-corrected chi connectivity index (χ1v) is 5.49. The molecule has 0 heterocycles. The summed E-state index contributed by atoms with van der Waals surface area (Å²) in [5, 5.41) is 0.228. The minimum atomic E-state index is 0.228. The van der Waals surface area contributed by atoms with Crippen molar-refractivity contribution in [3.63, 3.8) is 0 Å². The number of rotatable bonds is 3. The van der Waals surface area contributed by atoms with Crippen molar-refractivity contribution in [2.75, 3.05) is 0 Å². The number of halogens is 1. The van der Waals surface area contributed by atoms with Crippen molar-refractivity contribution in [1.82, 2.24) is 0 Å². The van der Waals surface area contributed by atoms with Crippen LogP contribution < -0.4 is 0 Å². The van der Waals surface area contributed by atoms with Gasteiger partial charge in [-0.1, -0.05) is 49.6 Å². The summed E-state index contributed by atoms with van der Waals surface area (Å²) in [5.74, 6) is 0.891. The smallest absolute Gasteiger partial charge is 0.0587 e. The van der Waals surface area contributed by atoms with E-state index >= 15 is 0 Å². The van der Waals surface area contributed by atoms with Gasteiger partial charge in [0.05, 0.1) is 5.38 Å². The molecule has 1 aromatic rings. The Morgan fingerprint density at radius 1 is 1.23 bits per heavy atom. The van der Waals surface area contributed by atoms with E-state index in [2.05, 4.69) is 24.3 Å². The fourth-order valence-electron chi connectivity index (χ4n) is 1.82. The molecule has 1 aliphatic carbocycles. The number of hydrogen-bond acceptors (Lipinski definition) is 0. The van der Waals surface area contributed by atoms with Crippen molar-refractivity contribution in [2.24, 2.45) is 5.92 Å². The summed E-state index contributed by atoms with van der Waals surface area (Å²) in [7, 11) is 0. The van der Waals surface area contributed by atoms with Crippen molar-refractivity contribution in [3.8, 4) is 0 Å². The summed E-state index contributed by atoms with van der Waals surface area (Å²) >= 11 is 6.31. The maximum atomic E-state index is 6.31. The first kappa shape index (κ1) is 9.08. The lowest BCUT2D eigenvalue weighted by atomic mass is 9.81. The lowest BCUT2D eigenvalue weighted by Crippen LogP contribution is -2.12. The predicted octanol–water partition coefficient (Wildman–Crippen LogP) is 4.16. The molecule has 0 radical (unpaired) electrons. The van der Waals surface area contributed by atoms with Crippen molar-refractivity contribution >= 4 is 11.6 Å². The molecule has 0 saturated heterocycles. The molecule has 0 aromatic heterocycles. The zero-order chi connectivity index (χ0) is 9.10. The molecule has 13 heavy (non-hydrogen) atoms. The van der Waals surface area contributed by atoms with Crippen LogP contribution in [0.4, 0.5) is 0 Å². The fourth-order valence-corrected chi connectivity index (χ4v) is 2.22. The zero-order valence-corrected chi connectivity index (χ0v) is 8.50. The van der Waals surface area contributed by atoms with E-state index in [4.69, 9.17) is 11.6 Å². The average Bonchev–Trinajstić information content (AvgIpc) is 2.12. The highest BCUT2D eigenvalue weighted by atomic mass is 35.5. The Balaban J connectivity index is 1.92. The van der Waals surface area contributed by atoms with Gasteiger partial charge < -0.3 is 0 Å². The minimum absolute atomic E-state index is 0.228. The molecule has 1 unspecified atom stereocenters. The molecule has 0 bridgehead atoms. The van der Waals surface area contributed by atoms with Crippen LogP contribution in [0.1, 0.15) is 36.6 Å². The van der Waals surface area contributed by atoms with Gasteiger partial charge in [-0.05, 0) is 17.9 Å². The van der Waals surface area contributed by atoms with Crippen LogP contribution >= 0.6 is 11.6 Å². The highest BCUT2D eigenvalue weighted by Crippen LogP contribution is 2.37. The van der Waals surface area contributed by atoms with E-state index in [-0.39, 0.29) is 5.38 Å². The second kappa shape index (κ2) is 4.15. The molecule has 1 aromatic carbocycles. The van der Waals surface area contributed by atoms with E-state index in [0.29, 0.717) is 0 Å². The van der Waals surface area contributed by atoms with Crippen LogP contribution in [0.5, 0.6) is 0 Å². The Morgan fingerprint density at radius 2 is 1.92 bits per heavy atom. The van der Waals surface area contributed by atoms with Crippen molar-refractivity contribution < 1.29 is 0 Å². The summed E-state index contributed by atoms with van der Waals surface area (Å²) in [6.07, 6.45) is 5.33. The number of hydrogen-bond donors (Lipinski definition) is 0. The summed E-state index contributed by atoms with van der Waals surface area (Å²) in [4.78, 5) is 0. The lowest BCUT2D eigenvalue weighted by molar-refractivity contribution is 0.293. The SMILES string of the molecule is ClC(CC1CCC1)c1ccccc1. The largest absolute Gasteiger partial charge is 0.118 e. The van der Waals surface area contributed by atoms with E-state index in [9.17, 15) is 0 Å². The molecule has 1 heteroatoms. The zero-order valence-electron chi connectivity index (χ0n) is 7.75. The molecular formula is C12H15Cl. The van der Waals surface area contributed by atoms with Gasteiger partial charge in [-0.3, -0.25) is 0 Å². The molecule has 1 fully saturated rings. The van der Waals surface area contributed by atoms with Gasteiger partial charge in [0.2, 0.25) is 0 Å². The Labute approximate surface area is 84.9 Å². The number of alkyl halides is 1. The van der Waals surface area contributed by atoms with Gasteiger partial charge in [0.25, 0.3) is 0 Å². The maximum Gasteiger partial charge on any atom is 0.0587 e. The van der Waals surface area contributed by atoms with E-state index in [1.807, 2.05) is 6.07 Å². The third kappa shape index (κ3) is 2.25. The van der Waals surface area contributed by atoms with Gasteiger partial charge in [-0.25, -0.2) is 0 Å². The van der Waals surface area contributed by atoms with E-state index in [1.165, 1.54) is 24.8 Å². The molecule has 0 N–H and O–H groups in total. The summed E-state index contributed by atoms with van der Waals surface area (Å²) in [6, 6.07) is 10.4. The molecule has 1 saturated carbocycles. The predicted molar refractivity (Wildman–Crippen MR) is 57.0 cm³/mol. The van der Waals surface area contributed by atoms with Crippen LogP contribution in [-0.2, 0) is 0 Å². The van der Waals surface area contributed by atoms with Crippen molar-refractivity contribution in [2.45, 2.75) is 31.1 Å². The van der Waals surface area contributed by atoms with Gasteiger partial charge in [0, 0.05) is 0 Å². The molecule has 70 valence electrons. The topological polar surface area (TPSA) is 0 Å². The van der Waals surface area contributed by atoms with Gasteiger partial charge in [0.15, 0.2) is 0 Å². The molecule has 0 amide bonds. The van der Waals surface area contributed by atoms with Crippen molar-refractivity contribution in [1.29, 1.82) is 0 Å². The summed E-state index contributed by atoms with van der Waals surface area (Å²) in [5.41, 5.74) is 1.27. The van der Waals surface area contributed by atoms with Crippen LogP contribution in [0.25, 0.3) is 0 Å². The molecule has 1 aliphatic rings. The average molecular weight is 195 g/mol. The van der Waals surface area contributed by atoms with E-state index in [0.717, 1.165) is 12.3 Å². The van der Waals surface area contributed by atoms with Crippen LogP contribution in [0.3, 0.4) is 0 Å². The fraction of sp³-hybridized carbons (Fsp3) is 0.500. The Hall–Kier alpha value is -0.490. The quantitative estimate of drug-likeness (QED) is 0.634. The third-order valence-electron chi connectivity index (χ3n) is 2.93. The molecule has 0 nitrogen and oxygen atoms in total. The third-order valence-corrected chi connectivity index (χ3v) is 3.36. The highest BCUT2D eigenvalue weighted by Gasteiger charge is 2.21. The van der Waals surface area contributed by atoms with Gasteiger partial charge in [0.1, 0.15) is 0 Å². The molecule has 0 aliphatic heterocycles. The van der Waals surface area contributed by atoms with Gasteiger partial charge >= 0.3 is 0 Å². The second-order valence-electron chi connectivity index (χ2n) is 3.91. The summed E-state index contributed by atoms with van der Waals surface area (Å²) < 4.78 is 0. The van der Waals surface area contributed by atoms with Crippen LogP contribution in [-0.4, -0.2) is 0 Å². The van der Waals surface area contributed by atoms with Gasteiger partial charge in [-0.15, -0.1) is 11.6 Å². The molecule has 0 spiro atoms. The summed E-state index contributed by atoms with van der Waals surface area (Å²) in [6.45, 7) is 0.